The molecule has 20 heavy (non-hydrogen) atoms. The van der Waals surface area contributed by atoms with E-state index in [1.807, 2.05) is 18.2 Å². The Bertz CT molecular complexity index is 644. The molecule has 2 rings (SSSR count). The summed E-state index contributed by atoms with van der Waals surface area (Å²) in [6.07, 6.45) is 1.88. The molecule has 0 saturated carbocycles. The van der Waals surface area contributed by atoms with E-state index in [2.05, 4.69) is 36.0 Å². The van der Waals surface area contributed by atoms with Crippen molar-refractivity contribution in [1.29, 1.82) is 5.26 Å². The minimum Gasteiger partial charge on any atom is -0.496 e. The van der Waals surface area contributed by atoms with Crippen LogP contribution in [-0.4, -0.2) is 17.1 Å². The topological polar surface area (TPSA) is 58.8 Å². The van der Waals surface area contributed by atoms with Crippen molar-refractivity contribution in [3.63, 3.8) is 0 Å². The maximum Gasteiger partial charge on any atom is 0.142 e. The fraction of sp³-hybridized carbons (Fsp3) is 0.312. The van der Waals surface area contributed by atoms with E-state index in [1.165, 1.54) is 5.56 Å². The zero-order valence-electron chi connectivity index (χ0n) is 11.9. The first-order valence-corrected chi connectivity index (χ1v) is 6.53. The van der Waals surface area contributed by atoms with Gasteiger partial charge in [-0.25, -0.2) is 9.97 Å². The van der Waals surface area contributed by atoms with Gasteiger partial charge in [-0.2, -0.15) is 5.26 Å². The van der Waals surface area contributed by atoms with Gasteiger partial charge in [-0.15, -0.1) is 0 Å². The van der Waals surface area contributed by atoms with Crippen LogP contribution in [0, 0.1) is 11.3 Å². The number of ether oxygens (including phenoxy) is 1. The maximum atomic E-state index is 8.72. The van der Waals surface area contributed by atoms with Crippen molar-refractivity contribution in [3.8, 4) is 23.1 Å². The van der Waals surface area contributed by atoms with Gasteiger partial charge in [-0.05, 0) is 29.7 Å². The second-order valence-corrected chi connectivity index (χ2v) is 4.81. The molecular formula is C16H17N3O. The predicted octanol–water partition coefficient (Wildman–Crippen LogP) is 3.34. The highest BCUT2D eigenvalue weighted by Gasteiger charge is 2.10. The molecular weight excluding hydrogens is 250 g/mol. The molecule has 1 aromatic heterocycles. The highest BCUT2D eigenvalue weighted by atomic mass is 16.5. The van der Waals surface area contributed by atoms with Crippen LogP contribution in [0.25, 0.3) is 11.3 Å². The van der Waals surface area contributed by atoms with Crippen LogP contribution in [0.3, 0.4) is 0 Å². The Morgan fingerprint density at radius 3 is 2.75 bits per heavy atom. The lowest BCUT2D eigenvalue weighted by Crippen LogP contribution is -1.97. The van der Waals surface area contributed by atoms with Crippen LogP contribution < -0.4 is 4.74 Å². The standard InChI is InChI=1S/C16H17N3O/c1-11(2)12-4-5-13(15(10-12)20-3)14-7-9-18-16(19-14)6-8-17/h4-5,7,9-11H,6H2,1-3H3. The first-order chi connectivity index (χ1) is 9.65. The smallest absolute Gasteiger partial charge is 0.142 e. The van der Waals surface area contributed by atoms with Crippen LogP contribution in [0.2, 0.25) is 0 Å². The molecule has 1 heterocycles. The number of aromatic nitrogens is 2. The number of methoxy groups -OCH3 is 1. The summed E-state index contributed by atoms with van der Waals surface area (Å²) in [4.78, 5) is 8.48. The molecule has 2 aromatic rings. The summed E-state index contributed by atoms with van der Waals surface area (Å²) in [6.45, 7) is 4.29. The number of benzene rings is 1. The zero-order valence-corrected chi connectivity index (χ0v) is 11.9. The number of nitriles is 1. The van der Waals surface area contributed by atoms with Gasteiger partial charge < -0.3 is 4.74 Å². The Kier molecular flexibility index (Phi) is 4.31. The minimum atomic E-state index is 0.209. The van der Waals surface area contributed by atoms with E-state index in [0.717, 1.165) is 17.0 Å². The summed E-state index contributed by atoms with van der Waals surface area (Å²) >= 11 is 0. The second-order valence-electron chi connectivity index (χ2n) is 4.81. The molecule has 102 valence electrons. The molecule has 0 saturated heterocycles. The third kappa shape index (κ3) is 2.94. The maximum absolute atomic E-state index is 8.72. The molecule has 0 spiro atoms. The lowest BCUT2D eigenvalue weighted by atomic mass is 9.99. The second kappa shape index (κ2) is 6.16. The fourth-order valence-electron chi connectivity index (χ4n) is 1.98. The molecule has 0 aliphatic heterocycles. The van der Waals surface area contributed by atoms with Crippen molar-refractivity contribution < 1.29 is 4.74 Å². The van der Waals surface area contributed by atoms with Crippen LogP contribution in [0.5, 0.6) is 5.75 Å². The predicted molar refractivity (Wildman–Crippen MR) is 77.4 cm³/mol. The van der Waals surface area contributed by atoms with Crippen LogP contribution in [-0.2, 0) is 6.42 Å². The summed E-state index contributed by atoms with van der Waals surface area (Å²) in [5.41, 5.74) is 2.91. The van der Waals surface area contributed by atoms with E-state index in [4.69, 9.17) is 10.00 Å². The summed E-state index contributed by atoms with van der Waals surface area (Å²) in [7, 11) is 1.65. The van der Waals surface area contributed by atoms with Gasteiger partial charge >= 0.3 is 0 Å². The molecule has 4 nitrogen and oxygen atoms in total. The Hall–Kier alpha value is -2.41. The summed E-state index contributed by atoms with van der Waals surface area (Å²) in [5, 5.41) is 8.72. The fourth-order valence-corrected chi connectivity index (χ4v) is 1.98. The van der Waals surface area contributed by atoms with Gasteiger partial charge in [0.05, 0.1) is 25.3 Å². The van der Waals surface area contributed by atoms with E-state index in [9.17, 15) is 0 Å². The van der Waals surface area contributed by atoms with E-state index in [0.29, 0.717) is 11.7 Å². The van der Waals surface area contributed by atoms with E-state index in [-0.39, 0.29) is 6.42 Å². The molecule has 0 unspecified atom stereocenters. The van der Waals surface area contributed by atoms with Gasteiger partial charge in [0.15, 0.2) is 0 Å². The van der Waals surface area contributed by atoms with Crippen molar-refractivity contribution in [1.82, 2.24) is 9.97 Å². The SMILES string of the molecule is COc1cc(C(C)C)ccc1-c1ccnc(CC#N)n1. The molecule has 0 aliphatic rings. The average Bonchev–Trinajstić information content (AvgIpc) is 2.47. The summed E-state index contributed by atoms with van der Waals surface area (Å²) in [5.74, 6) is 1.76. The highest BCUT2D eigenvalue weighted by molar-refractivity contribution is 5.67. The quantitative estimate of drug-likeness (QED) is 0.852. The van der Waals surface area contributed by atoms with E-state index < -0.39 is 0 Å². The van der Waals surface area contributed by atoms with Gasteiger partial charge in [0.1, 0.15) is 11.6 Å². The Balaban J connectivity index is 2.47. The number of rotatable bonds is 4. The molecule has 0 radical (unpaired) electrons. The van der Waals surface area contributed by atoms with Crippen molar-refractivity contribution in [2.45, 2.75) is 26.2 Å². The average molecular weight is 267 g/mol. The Morgan fingerprint density at radius 1 is 1.30 bits per heavy atom. The molecule has 0 N–H and O–H groups in total. The van der Waals surface area contributed by atoms with Crippen LogP contribution in [0.1, 0.15) is 31.2 Å². The Morgan fingerprint density at radius 2 is 2.10 bits per heavy atom. The normalized spacial score (nSPS) is 10.3. The monoisotopic (exact) mass is 267 g/mol. The van der Waals surface area contributed by atoms with Crippen molar-refractivity contribution in [2.24, 2.45) is 0 Å². The van der Waals surface area contributed by atoms with Gasteiger partial charge in [0.2, 0.25) is 0 Å². The minimum absolute atomic E-state index is 0.209. The third-order valence-corrected chi connectivity index (χ3v) is 3.11. The third-order valence-electron chi connectivity index (χ3n) is 3.11. The number of hydrogen-bond acceptors (Lipinski definition) is 4. The number of nitrogens with zero attached hydrogens (tertiary/aromatic N) is 3. The summed E-state index contributed by atoms with van der Waals surface area (Å²) < 4.78 is 5.46. The van der Waals surface area contributed by atoms with Crippen LogP contribution in [0.15, 0.2) is 30.5 Å². The molecule has 0 bridgehead atoms. The molecule has 4 heteroatoms. The summed E-state index contributed by atoms with van der Waals surface area (Å²) in [6, 6.07) is 10.0. The van der Waals surface area contributed by atoms with E-state index >= 15 is 0 Å². The molecule has 1 aromatic carbocycles. The highest BCUT2D eigenvalue weighted by Crippen LogP contribution is 2.31. The first kappa shape index (κ1) is 14.0. The van der Waals surface area contributed by atoms with Gasteiger partial charge in [-0.3, -0.25) is 0 Å². The van der Waals surface area contributed by atoms with Crippen molar-refractivity contribution in [2.75, 3.05) is 7.11 Å². The Labute approximate surface area is 119 Å². The molecule has 0 fully saturated rings. The van der Waals surface area contributed by atoms with Crippen LogP contribution >= 0.6 is 0 Å². The van der Waals surface area contributed by atoms with Crippen LogP contribution in [0.4, 0.5) is 0 Å². The molecule has 0 atom stereocenters. The largest absolute Gasteiger partial charge is 0.496 e. The van der Waals surface area contributed by atoms with Gasteiger partial charge in [0, 0.05) is 11.8 Å². The lowest BCUT2D eigenvalue weighted by molar-refractivity contribution is 0.415. The number of hydrogen-bond donors (Lipinski definition) is 0. The zero-order chi connectivity index (χ0) is 14.5. The van der Waals surface area contributed by atoms with Crippen molar-refractivity contribution >= 4 is 0 Å². The van der Waals surface area contributed by atoms with Gasteiger partial charge in [-0.1, -0.05) is 19.9 Å². The van der Waals surface area contributed by atoms with Gasteiger partial charge in [0.25, 0.3) is 0 Å². The van der Waals surface area contributed by atoms with E-state index in [1.54, 1.807) is 13.3 Å². The lowest BCUT2D eigenvalue weighted by Gasteiger charge is -2.12. The molecule has 0 amide bonds. The first-order valence-electron chi connectivity index (χ1n) is 6.53. The van der Waals surface area contributed by atoms with Crippen molar-refractivity contribution in [3.05, 3.63) is 41.9 Å². The molecule has 0 aliphatic carbocycles.